The van der Waals surface area contributed by atoms with Crippen molar-refractivity contribution in [2.75, 3.05) is 6.54 Å². The first-order valence-electron chi connectivity index (χ1n) is 7.63. The first-order chi connectivity index (χ1) is 8.97. The van der Waals surface area contributed by atoms with Gasteiger partial charge in [-0.05, 0) is 40.5 Å². The Morgan fingerprint density at radius 3 is 2.47 bits per heavy atom. The third-order valence-electron chi connectivity index (χ3n) is 3.88. The number of aromatic nitrogens is 3. The molecule has 1 aliphatic rings. The van der Waals surface area contributed by atoms with Gasteiger partial charge in [0.1, 0.15) is 11.6 Å². The maximum absolute atomic E-state index is 4.38. The van der Waals surface area contributed by atoms with E-state index in [1.54, 1.807) is 0 Å². The van der Waals surface area contributed by atoms with Crippen molar-refractivity contribution in [3.05, 3.63) is 11.6 Å². The Kier molecular flexibility index (Phi) is 4.61. The van der Waals surface area contributed by atoms with Crippen molar-refractivity contribution in [1.82, 2.24) is 20.1 Å². The molecular formula is C15H28N4. The highest BCUT2D eigenvalue weighted by Gasteiger charge is 2.21. The van der Waals surface area contributed by atoms with Gasteiger partial charge in [-0.3, -0.25) is 0 Å². The number of hydrogen-bond acceptors (Lipinski definition) is 3. The fourth-order valence-corrected chi connectivity index (χ4v) is 2.95. The predicted molar refractivity (Wildman–Crippen MR) is 78.3 cm³/mol. The fourth-order valence-electron chi connectivity index (χ4n) is 2.95. The van der Waals surface area contributed by atoms with Gasteiger partial charge in [0.25, 0.3) is 0 Å². The second-order valence-electron chi connectivity index (χ2n) is 6.75. The summed E-state index contributed by atoms with van der Waals surface area (Å²) in [5, 5.41) is 12.2. The maximum atomic E-state index is 4.38. The van der Waals surface area contributed by atoms with Crippen LogP contribution in [0.15, 0.2) is 0 Å². The Bertz CT molecular complexity index is 397. The van der Waals surface area contributed by atoms with E-state index in [1.165, 1.54) is 32.1 Å². The van der Waals surface area contributed by atoms with Crippen LogP contribution in [-0.4, -0.2) is 26.8 Å². The van der Waals surface area contributed by atoms with Crippen molar-refractivity contribution in [2.24, 2.45) is 0 Å². The van der Waals surface area contributed by atoms with Crippen molar-refractivity contribution >= 4 is 0 Å². The van der Waals surface area contributed by atoms with Crippen LogP contribution in [0.3, 0.4) is 0 Å². The molecule has 4 nitrogen and oxygen atoms in total. The zero-order valence-electron chi connectivity index (χ0n) is 12.9. The molecule has 0 amide bonds. The van der Waals surface area contributed by atoms with Crippen LogP contribution >= 0.6 is 0 Å². The normalized spacial score (nSPS) is 17.9. The van der Waals surface area contributed by atoms with Gasteiger partial charge in [0.15, 0.2) is 0 Å². The molecule has 2 rings (SSSR count). The van der Waals surface area contributed by atoms with Gasteiger partial charge in [-0.15, -0.1) is 10.2 Å². The van der Waals surface area contributed by atoms with Gasteiger partial charge in [-0.1, -0.05) is 19.3 Å². The van der Waals surface area contributed by atoms with E-state index in [-0.39, 0.29) is 5.54 Å². The summed E-state index contributed by atoms with van der Waals surface area (Å²) in [5.74, 6) is 2.24. The number of rotatable bonds is 4. The summed E-state index contributed by atoms with van der Waals surface area (Å²) in [4.78, 5) is 0. The van der Waals surface area contributed by atoms with Gasteiger partial charge in [0.2, 0.25) is 0 Å². The minimum absolute atomic E-state index is 0.171. The average Bonchev–Trinajstić information content (AvgIpc) is 2.70. The van der Waals surface area contributed by atoms with Gasteiger partial charge >= 0.3 is 0 Å². The molecular weight excluding hydrogens is 236 g/mol. The molecule has 1 heterocycles. The summed E-state index contributed by atoms with van der Waals surface area (Å²) in [6, 6.07) is 0.633. The molecule has 0 atom stereocenters. The molecule has 1 saturated carbocycles. The summed E-state index contributed by atoms with van der Waals surface area (Å²) >= 11 is 0. The quantitative estimate of drug-likeness (QED) is 0.909. The molecule has 1 N–H and O–H groups in total. The number of aryl methyl sites for hydroxylation is 1. The van der Waals surface area contributed by atoms with Crippen molar-refractivity contribution < 1.29 is 0 Å². The SMILES string of the molecule is Cc1nnc(CCNC(C)(C)C)n1C1CCCCC1. The maximum Gasteiger partial charge on any atom is 0.134 e. The van der Waals surface area contributed by atoms with E-state index in [0.29, 0.717) is 6.04 Å². The van der Waals surface area contributed by atoms with E-state index >= 15 is 0 Å². The minimum atomic E-state index is 0.171. The highest BCUT2D eigenvalue weighted by Crippen LogP contribution is 2.29. The molecule has 0 spiro atoms. The zero-order valence-corrected chi connectivity index (χ0v) is 12.9. The van der Waals surface area contributed by atoms with Crippen LogP contribution in [0.5, 0.6) is 0 Å². The Morgan fingerprint density at radius 2 is 1.84 bits per heavy atom. The molecule has 0 unspecified atom stereocenters. The Balaban J connectivity index is 2.00. The molecule has 1 fully saturated rings. The van der Waals surface area contributed by atoms with E-state index in [9.17, 15) is 0 Å². The zero-order chi connectivity index (χ0) is 13.9. The lowest BCUT2D eigenvalue weighted by atomic mass is 9.95. The van der Waals surface area contributed by atoms with Crippen molar-refractivity contribution in [2.45, 2.75) is 77.8 Å². The largest absolute Gasteiger partial charge is 0.312 e. The van der Waals surface area contributed by atoms with Crippen LogP contribution in [0.1, 0.15) is 70.6 Å². The number of hydrogen-bond donors (Lipinski definition) is 1. The summed E-state index contributed by atoms with van der Waals surface area (Å²) in [6.45, 7) is 9.65. The molecule has 4 heteroatoms. The number of nitrogens with zero attached hydrogens (tertiary/aromatic N) is 3. The van der Waals surface area contributed by atoms with Crippen LogP contribution in [0.4, 0.5) is 0 Å². The van der Waals surface area contributed by atoms with E-state index in [2.05, 4.69) is 47.8 Å². The monoisotopic (exact) mass is 264 g/mol. The van der Waals surface area contributed by atoms with Crippen LogP contribution in [0.2, 0.25) is 0 Å². The molecule has 0 aliphatic heterocycles. The summed E-state index contributed by atoms with van der Waals surface area (Å²) in [6.07, 6.45) is 7.63. The summed E-state index contributed by atoms with van der Waals surface area (Å²) < 4.78 is 2.39. The molecule has 0 bridgehead atoms. The van der Waals surface area contributed by atoms with Crippen LogP contribution in [0, 0.1) is 6.92 Å². The molecule has 1 aromatic rings. The topological polar surface area (TPSA) is 42.7 Å². The Hall–Kier alpha value is -0.900. The summed E-state index contributed by atoms with van der Waals surface area (Å²) in [5.41, 5.74) is 0.171. The average molecular weight is 264 g/mol. The van der Waals surface area contributed by atoms with Crippen LogP contribution in [0.25, 0.3) is 0 Å². The van der Waals surface area contributed by atoms with E-state index in [1.807, 2.05) is 0 Å². The van der Waals surface area contributed by atoms with Crippen LogP contribution < -0.4 is 5.32 Å². The van der Waals surface area contributed by atoms with Crippen molar-refractivity contribution in [1.29, 1.82) is 0 Å². The standard InChI is InChI=1S/C15H28N4/c1-12-17-18-14(10-11-16-15(2,3)4)19(12)13-8-6-5-7-9-13/h13,16H,5-11H2,1-4H3. The molecule has 0 saturated heterocycles. The minimum Gasteiger partial charge on any atom is -0.312 e. The molecule has 0 radical (unpaired) electrons. The lowest BCUT2D eigenvalue weighted by molar-refractivity contribution is 0.338. The molecule has 19 heavy (non-hydrogen) atoms. The van der Waals surface area contributed by atoms with Gasteiger partial charge < -0.3 is 9.88 Å². The third-order valence-corrected chi connectivity index (χ3v) is 3.88. The first kappa shape index (κ1) is 14.5. The molecule has 1 aromatic heterocycles. The molecule has 108 valence electrons. The second kappa shape index (κ2) is 6.04. The van der Waals surface area contributed by atoms with Crippen molar-refractivity contribution in [3.63, 3.8) is 0 Å². The first-order valence-corrected chi connectivity index (χ1v) is 7.63. The lowest BCUT2D eigenvalue weighted by Crippen LogP contribution is -2.37. The van der Waals surface area contributed by atoms with Crippen molar-refractivity contribution in [3.8, 4) is 0 Å². The molecule has 0 aromatic carbocycles. The Labute approximate surface area is 117 Å². The highest BCUT2D eigenvalue weighted by atomic mass is 15.3. The van der Waals surface area contributed by atoms with Gasteiger partial charge in [-0.25, -0.2) is 0 Å². The number of nitrogens with one attached hydrogen (secondary N) is 1. The van der Waals surface area contributed by atoms with E-state index in [4.69, 9.17) is 0 Å². The fraction of sp³-hybridized carbons (Fsp3) is 0.867. The van der Waals surface area contributed by atoms with Gasteiger partial charge in [-0.2, -0.15) is 0 Å². The third kappa shape index (κ3) is 4.03. The smallest absolute Gasteiger partial charge is 0.134 e. The molecule has 1 aliphatic carbocycles. The summed E-state index contributed by atoms with van der Waals surface area (Å²) in [7, 11) is 0. The Morgan fingerprint density at radius 1 is 1.16 bits per heavy atom. The second-order valence-corrected chi connectivity index (χ2v) is 6.75. The highest BCUT2D eigenvalue weighted by molar-refractivity contribution is 4.99. The van der Waals surface area contributed by atoms with E-state index < -0.39 is 0 Å². The van der Waals surface area contributed by atoms with Crippen LogP contribution in [-0.2, 0) is 6.42 Å². The van der Waals surface area contributed by atoms with E-state index in [0.717, 1.165) is 24.6 Å². The van der Waals surface area contributed by atoms with Gasteiger partial charge in [0, 0.05) is 24.5 Å². The van der Waals surface area contributed by atoms with Gasteiger partial charge in [0.05, 0.1) is 0 Å². The lowest BCUT2D eigenvalue weighted by Gasteiger charge is -2.26. The predicted octanol–water partition coefficient (Wildman–Crippen LogP) is 3.02.